The Morgan fingerprint density at radius 1 is 1.30 bits per heavy atom. The summed E-state index contributed by atoms with van der Waals surface area (Å²) in [6.45, 7) is 11.5. The van der Waals surface area contributed by atoms with E-state index in [-0.39, 0.29) is 0 Å². The van der Waals surface area contributed by atoms with Crippen molar-refractivity contribution in [3.05, 3.63) is 52.9 Å². The van der Waals surface area contributed by atoms with E-state index >= 15 is 0 Å². The lowest BCUT2D eigenvalue weighted by Crippen LogP contribution is -1.99. The molecule has 0 aliphatic carbocycles. The monoisotopic (exact) mass is 334 g/mol. The van der Waals surface area contributed by atoms with Crippen molar-refractivity contribution in [3.8, 4) is 0 Å². The molecular weight excluding hydrogens is 316 g/mol. The van der Waals surface area contributed by atoms with E-state index in [0.717, 1.165) is 27.2 Å². The first-order chi connectivity index (χ1) is 9.63. The van der Waals surface area contributed by atoms with Gasteiger partial charge in [0, 0.05) is 10.5 Å². The number of fused-ring (bicyclic) bond motifs is 1. The quantitative estimate of drug-likeness (QED) is 0.783. The molecule has 5 heteroatoms. The Morgan fingerprint density at radius 2 is 2.00 bits per heavy atom. The maximum absolute atomic E-state index is 4.44. The van der Waals surface area contributed by atoms with E-state index in [1.54, 1.807) is 10.6 Å². The summed E-state index contributed by atoms with van der Waals surface area (Å²) in [5, 5.41) is 12.7. The number of hydrogen-bond acceptors (Lipinski definition) is 3. The Labute approximate surface area is 128 Å². The van der Waals surface area contributed by atoms with Crippen molar-refractivity contribution in [1.29, 1.82) is 0 Å². The van der Waals surface area contributed by atoms with Crippen LogP contribution in [0.4, 0.5) is 0 Å². The smallest absolute Gasteiger partial charge is 0.181 e. The third kappa shape index (κ3) is 3.63. The largest absolute Gasteiger partial charge is 0.193 e. The van der Waals surface area contributed by atoms with Crippen molar-refractivity contribution in [2.24, 2.45) is 0 Å². The SMILES string of the molecule is C=C/C=C\C=C(/C)c1nnc2cc(Br)c(C)nn12.CC. The fourth-order valence-electron chi connectivity index (χ4n) is 1.49. The summed E-state index contributed by atoms with van der Waals surface area (Å²) in [7, 11) is 0. The second kappa shape index (κ2) is 7.75. The molecule has 0 unspecified atom stereocenters. The molecule has 0 fully saturated rings. The standard InChI is InChI=1S/C13H13BrN4.C2H6/c1-4-5-6-7-9(2)13-16-15-12-8-11(14)10(3)17-18(12)13;1-2/h4-8H,1H2,2-3H3;1-2H3/b6-5-,9-7+;. The summed E-state index contributed by atoms with van der Waals surface area (Å²) < 4.78 is 2.68. The van der Waals surface area contributed by atoms with Crippen LogP contribution < -0.4 is 0 Å². The van der Waals surface area contributed by atoms with Gasteiger partial charge in [-0.25, -0.2) is 0 Å². The van der Waals surface area contributed by atoms with Crippen molar-refractivity contribution in [2.45, 2.75) is 27.7 Å². The van der Waals surface area contributed by atoms with Crippen LogP contribution in [0.5, 0.6) is 0 Å². The molecule has 0 radical (unpaired) electrons. The molecule has 20 heavy (non-hydrogen) atoms. The maximum Gasteiger partial charge on any atom is 0.181 e. The van der Waals surface area contributed by atoms with Crippen LogP contribution in [0.1, 0.15) is 32.3 Å². The summed E-state index contributed by atoms with van der Waals surface area (Å²) in [6, 6.07) is 1.91. The Balaban J connectivity index is 0.000000956. The molecule has 2 rings (SSSR count). The van der Waals surface area contributed by atoms with Gasteiger partial charge in [-0.2, -0.15) is 9.61 Å². The highest BCUT2D eigenvalue weighted by molar-refractivity contribution is 9.10. The van der Waals surface area contributed by atoms with Gasteiger partial charge in [0.25, 0.3) is 0 Å². The van der Waals surface area contributed by atoms with Crippen LogP contribution in [0.3, 0.4) is 0 Å². The van der Waals surface area contributed by atoms with Gasteiger partial charge in [0.2, 0.25) is 0 Å². The molecule has 0 aliphatic heterocycles. The van der Waals surface area contributed by atoms with Crippen molar-refractivity contribution >= 4 is 27.2 Å². The van der Waals surface area contributed by atoms with E-state index in [0.29, 0.717) is 0 Å². The maximum atomic E-state index is 4.44. The Hall–Kier alpha value is -1.75. The Bertz CT molecular complexity index is 653. The topological polar surface area (TPSA) is 43.1 Å². The number of nitrogens with zero attached hydrogens (tertiary/aromatic N) is 4. The molecule has 0 atom stereocenters. The summed E-state index contributed by atoms with van der Waals surface area (Å²) in [5.74, 6) is 0.745. The lowest BCUT2D eigenvalue weighted by atomic mass is 10.2. The van der Waals surface area contributed by atoms with Gasteiger partial charge in [-0.05, 0) is 35.4 Å². The molecule has 0 aromatic carbocycles. The van der Waals surface area contributed by atoms with Gasteiger partial charge in [0.05, 0.1) is 5.69 Å². The normalized spacial score (nSPS) is 11.6. The van der Waals surface area contributed by atoms with Crippen LogP contribution in [0.25, 0.3) is 11.2 Å². The second-order valence-corrected chi connectivity index (χ2v) is 4.70. The molecule has 0 amide bonds. The van der Waals surface area contributed by atoms with E-state index in [9.17, 15) is 0 Å². The van der Waals surface area contributed by atoms with E-state index in [2.05, 4.69) is 37.8 Å². The van der Waals surface area contributed by atoms with Crippen LogP contribution in [0, 0.1) is 6.92 Å². The first-order valence-corrected chi connectivity index (χ1v) is 7.27. The summed E-state index contributed by atoms with van der Waals surface area (Å²) in [4.78, 5) is 0. The van der Waals surface area contributed by atoms with Crippen LogP contribution in [-0.4, -0.2) is 19.8 Å². The van der Waals surface area contributed by atoms with Gasteiger partial charge in [0.15, 0.2) is 11.5 Å². The first-order valence-electron chi connectivity index (χ1n) is 6.48. The predicted octanol–water partition coefficient (Wildman–Crippen LogP) is 4.37. The van der Waals surface area contributed by atoms with Crippen molar-refractivity contribution in [1.82, 2.24) is 19.8 Å². The summed E-state index contributed by atoms with van der Waals surface area (Å²) >= 11 is 3.43. The molecule has 106 valence electrons. The molecule has 4 nitrogen and oxygen atoms in total. The molecule has 2 aromatic heterocycles. The number of halogens is 1. The predicted molar refractivity (Wildman–Crippen MR) is 87.6 cm³/mol. The lowest BCUT2D eigenvalue weighted by molar-refractivity contribution is 0.870. The molecule has 0 N–H and O–H groups in total. The Morgan fingerprint density at radius 3 is 2.65 bits per heavy atom. The molecule has 0 saturated carbocycles. The van der Waals surface area contributed by atoms with Gasteiger partial charge in [-0.15, -0.1) is 10.2 Å². The number of hydrogen-bond donors (Lipinski definition) is 0. The first kappa shape index (κ1) is 16.3. The third-order valence-corrected chi connectivity index (χ3v) is 3.27. The number of rotatable bonds is 3. The van der Waals surface area contributed by atoms with E-state index in [1.165, 1.54) is 0 Å². The van der Waals surface area contributed by atoms with Crippen LogP contribution in [0.2, 0.25) is 0 Å². The zero-order valence-corrected chi connectivity index (χ0v) is 13.8. The molecule has 0 spiro atoms. The van der Waals surface area contributed by atoms with Gasteiger partial charge in [-0.1, -0.05) is 44.7 Å². The highest BCUT2D eigenvalue weighted by Gasteiger charge is 2.09. The lowest BCUT2D eigenvalue weighted by Gasteiger charge is -2.01. The molecular formula is C15H19BrN4. The molecule has 0 saturated heterocycles. The van der Waals surface area contributed by atoms with Crippen LogP contribution in [-0.2, 0) is 0 Å². The van der Waals surface area contributed by atoms with Gasteiger partial charge in [-0.3, -0.25) is 0 Å². The van der Waals surface area contributed by atoms with Gasteiger partial charge < -0.3 is 0 Å². The molecule has 2 aromatic rings. The minimum absolute atomic E-state index is 0.725. The molecule has 0 bridgehead atoms. The summed E-state index contributed by atoms with van der Waals surface area (Å²) in [6.07, 6.45) is 7.46. The Kier molecular flexibility index (Phi) is 6.31. The fraction of sp³-hybridized carbons (Fsp3) is 0.267. The highest BCUT2D eigenvalue weighted by atomic mass is 79.9. The van der Waals surface area contributed by atoms with Crippen molar-refractivity contribution < 1.29 is 0 Å². The van der Waals surface area contributed by atoms with Gasteiger partial charge in [0.1, 0.15) is 0 Å². The van der Waals surface area contributed by atoms with E-state index < -0.39 is 0 Å². The minimum atomic E-state index is 0.725. The van der Waals surface area contributed by atoms with Gasteiger partial charge >= 0.3 is 0 Å². The van der Waals surface area contributed by atoms with E-state index in [1.807, 2.05) is 52.0 Å². The molecule has 2 heterocycles. The average molecular weight is 335 g/mol. The molecule has 0 aliphatic rings. The zero-order chi connectivity index (χ0) is 15.1. The van der Waals surface area contributed by atoms with Crippen LogP contribution >= 0.6 is 15.9 Å². The van der Waals surface area contributed by atoms with E-state index in [4.69, 9.17) is 0 Å². The number of aryl methyl sites for hydroxylation is 1. The number of aromatic nitrogens is 4. The summed E-state index contributed by atoms with van der Waals surface area (Å²) in [5.41, 5.74) is 2.62. The van der Waals surface area contributed by atoms with Crippen LogP contribution in [0.15, 0.2) is 41.4 Å². The van der Waals surface area contributed by atoms with Crippen molar-refractivity contribution in [2.75, 3.05) is 0 Å². The second-order valence-electron chi connectivity index (χ2n) is 3.84. The average Bonchev–Trinajstić information content (AvgIpc) is 2.84. The number of allylic oxidation sites excluding steroid dienone is 5. The third-order valence-electron chi connectivity index (χ3n) is 2.46. The minimum Gasteiger partial charge on any atom is -0.193 e. The van der Waals surface area contributed by atoms with Crippen molar-refractivity contribution in [3.63, 3.8) is 0 Å². The highest BCUT2D eigenvalue weighted by Crippen LogP contribution is 2.18. The zero-order valence-electron chi connectivity index (χ0n) is 12.3. The fourth-order valence-corrected chi connectivity index (χ4v) is 1.78.